The van der Waals surface area contributed by atoms with Crippen molar-refractivity contribution < 1.29 is 4.42 Å². The fourth-order valence-electron chi connectivity index (χ4n) is 4.40. The molecule has 5 rings (SSSR count). The van der Waals surface area contributed by atoms with E-state index in [1.54, 1.807) is 24.4 Å². The van der Waals surface area contributed by atoms with Gasteiger partial charge in [-0.2, -0.15) is 0 Å². The van der Waals surface area contributed by atoms with Crippen LogP contribution >= 0.6 is 11.6 Å². The van der Waals surface area contributed by atoms with E-state index in [-0.39, 0.29) is 16.9 Å². The van der Waals surface area contributed by atoms with Crippen LogP contribution in [0.4, 0.5) is 5.82 Å². The van der Waals surface area contributed by atoms with Crippen molar-refractivity contribution in [1.82, 2.24) is 15.3 Å². The van der Waals surface area contributed by atoms with Crippen LogP contribution in [-0.2, 0) is 0 Å². The Balaban J connectivity index is 1.71. The van der Waals surface area contributed by atoms with Gasteiger partial charge in [0.05, 0.1) is 10.4 Å². The van der Waals surface area contributed by atoms with Crippen LogP contribution in [0.3, 0.4) is 0 Å². The first-order valence-corrected chi connectivity index (χ1v) is 11.3. The lowest BCUT2D eigenvalue weighted by atomic mass is 9.94. The van der Waals surface area contributed by atoms with Crippen LogP contribution in [0.1, 0.15) is 32.3 Å². The Morgan fingerprint density at radius 1 is 1.19 bits per heavy atom. The second kappa shape index (κ2) is 8.19. The number of fused-ring (bicyclic) bond motifs is 2. The smallest absolute Gasteiger partial charge is 0.220 e. The van der Waals surface area contributed by atoms with Crippen molar-refractivity contribution in [3.05, 3.63) is 63.5 Å². The van der Waals surface area contributed by atoms with E-state index < -0.39 is 0 Å². The number of rotatable bonds is 3. The van der Waals surface area contributed by atoms with E-state index >= 15 is 0 Å². The fourth-order valence-corrected chi connectivity index (χ4v) is 4.65. The van der Waals surface area contributed by atoms with E-state index in [0.717, 1.165) is 42.1 Å². The van der Waals surface area contributed by atoms with Crippen LogP contribution in [0.15, 0.2) is 51.9 Å². The van der Waals surface area contributed by atoms with Gasteiger partial charge in [0.25, 0.3) is 0 Å². The molecule has 1 atom stereocenters. The van der Waals surface area contributed by atoms with E-state index in [0.29, 0.717) is 27.6 Å². The van der Waals surface area contributed by atoms with Gasteiger partial charge in [-0.05, 0) is 42.7 Å². The maximum absolute atomic E-state index is 13.2. The molecule has 4 heterocycles. The topological polar surface area (TPSA) is 71.3 Å². The van der Waals surface area contributed by atoms with Crippen LogP contribution in [0.25, 0.3) is 33.2 Å². The second-order valence-electron chi connectivity index (χ2n) is 8.67. The summed E-state index contributed by atoms with van der Waals surface area (Å²) in [6, 6.07) is 9.76. The van der Waals surface area contributed by atoms with Gasteiger partial charge in [0, 0.05) is 49.2 Å². The summed E-state index contributed by atoms with van der Waals surface area (Å²) in [4.78, 5) is 24.8. The van der Waals surface area contributed by atoms with E-state index in [1.165, 1.54) is 0 Å². The van der Waals surface area contributed by atoms with Gasteiger partial charge in [-0.3, -0.25) is 4.79 Å². The standard InChI is InChI=1S/C25H25ClN4O2/c1-14(2)17-12-29-23-24(31)22-18(26)5-4-6-19(22)32-25(23)21(17)16-7-8-20(28-11-16)30-10-9-27-15(3)13-30/h4-8,11-12,14-15,27H,9-10,13H2,1-3H3/t15-/m0/s1. The highest BCUT2D eigenvalue weighted by Crippen LogP contribution is 2.36. The predicted molar refractivity (Wildman–Crippen MR) is 130 cm³/mol. The van der Waals surface area contributed by atoms with E-state index in [1.807, 2.05) is 12.3 Å². The molecule has 0 amide bonds. The summed E-state index contributed by atoms with van der Waals surface area (Å²) in [5.74, 6) is 1.14. The van der Waals surface area contributed by atoms with Crippen molar-refractivity contribution in [2.24, 2.45) is 0 Å². The zero-order valence-corrected chi connectivity index (χ0v) is 19.1. The fraction of sp³-hybridized carbons (Fsp3) is 0.320. The van der Waals surface area contributed by atoms with Gasteiger partial charge in [-0.1, -0.05) is 31.5 Å². The molecule has 32 heavy (non-hydrogen) atoms. The predicted octanol–water partition coefficient (Wildman–Crippen LogP) is 4.98. The van der Waals surface area contributed by atoms with Crippen LogP contribution in [-0.4, -0.2) is 35.6 Å². The molecule has 1 N–H and O–H groups in total. The first kappa shape index (κ1) is 20.9. The largest absolute Gasteiger partial charge is 0.453 e. The molecular weight excluding hydrogens is 424 g/mol. The number of pyridine rings is 2. The molecule has 1 saturated heterocycles. The Labute approximate surface area is 191 Å². The van der Waals surface area contributed by atoms with Gasteiger partial charge in [-0.15, -0.1) is 0 Å². The molecule has 0 bridgehead atoms. The molecule has 1 fully saturated rings. The minimum Gasteiger partial charge on any atom is -0.453 e. The van der Waals surface area contributed by atoms with E-state index in [2.05, 4.69) is 42.0 Å². The molecule has 0 unspecified atom stereocenters. The van der Waals surface area contributed by atoms with Gasteiger partial charge in [0.15, 0.2) is 11.1 Å². The Bertz CT molecular complexity index is 1360. The summed E-state index contributed by atoms with van der Waals surface area (Å²) in [6.07, 6.45) is 3.64. The number of piperazine rings is 1. The SMILES string of the molecule is CC(C)c1cnc2c(=O)c3c(Cl)cccc3oc2c1-c1ccc(N2CCN[C@@H](C)C2)nc1. The molecule has 0 spiro atoms. The number of aromatic nitrogens is 2. The molecule has 6 nitrogen and oxygen atoms in total. The Morgan fingerprint density at radius 3 is 2.75 bits per heavy atom. The Kier molecular flexibility index (Phi) is 5.35. The third-order valence-electron chi connectivity index (χ3n) is 6.04. The first-order valence-electron chi connectivity index (χ1n) is 10.9. The molecule has 1 aliphatic rings. The number of halogens is 1. The number of benzene rings is 1. The molecule has 3 aromatic heterocycles. The summed E-state index contributed by atoms with van der Waals surface area (Å²) in [5, 5.41) is 4.18. The number of hydrogen-bond acceptors (Lipinski definition) is 6. The zero-order chi connectivity index (χ0) is 22.4. The maximum atomic E-state index is 13.2. The normalized spacial score (nSPS) is 16.9. The average Bonchev–Trinajstić information content (AvgIpc) is 2.78. The molecule has 1 aliphatic heterocycles. The van der Waals surface area contributed by atoms with Crippen molar-refractivity contribution in [3.63, 3.8) is 0 Å². The molecule has 4 aromatic rings. The van der Waals surface area contributed by atoms with Gasteiger partial charge in [0.1, 0.15) is 11.4 Å². The first-order chi connectivity index (χ1) is 15.4. The minimum atomic E-state index is -0.220. The van der Waals surface area contributed by atoms with Crippen molar-refractivity contribution in [2.45, 2.75) is 32.7 Å². The van der Waals surface area contributed by atoms with Crippen molar-refractivity contribution >= 4 is 39.5 Å². The molecule has 0 saturated carbocycles. The van der Waals surface area contributed by atoms with E-state index in [4.69, 9.17) is 21.0 Å². The minimum absolute atomic E-state index is 0.191. The Morgan fingerprint density at radius 2 is 2.03 bits per heavy atom. The van der Waals surface area contributed by atoms with Gasteiger partial charge >= 0.3 is 0 Å². The van der Waals surface area contributed by atoms with Crippen LogP contribution in [0.2, 0.25) is 5.02 Å². The van der Waals surface area contributed by atoms with Crippen LogP contribution in [0.5, 0.6) is 0 Å². The quantitative estimate of drug-likeness (QED) is 0.446. The highest BCUT2D eigenvalue weighted by atomic mass is 35.5. The summed E-state index contributed by atoms with van der Waals surface area (Å²) in [5.41, 5.74) is 3.76. The van der Waals surface area contributed by atoms with Crippen molar-refractivity contribution in [2.75, 3.05) is 24.5 Å². The number of nitrogens with one attached hydrogen (secondary N) is 1. The van der Waals surface area contributed by atoms with Gasteiger partial charge in [-0.25, -0.2) is 9.97 Å². The average molecular weight is 449 g/mol. The number of nitrogens with zero attached hydrogens (tertiary/aromatic N) is 3. The Hall–Kier alpha value is -2.96. The van der Waals surface area contributed by atoms with Crippen molar-refractivity contribution in [3.8, 4) is 11.1 Å². The summed E-state index contributed by atoms with van der Waals surface area (Å²) < 4.78 is 6.25. The molecule has 1 aromatic carbocycles. The molecular formula is C25H25ClN4O2. The third kappa shape index (κ3) is 3.53. The third-order valence-corrected chi connectivity index (χ3v) is 6.36. The summed E-state index contributed by atoms with van der Waals surface area (Å²) in [6.45, 7) is 9.17. The highest BCUT2D eigenvalue weighted by Gasteiger charge is 2.21. The second-order valence-corrected chi connectivity index (χ2v) is 9.08. The van der Waals surface area contributed by atoms with Crippen LogP contribution < -0.4 is 15.6 Å². The molecule has 164 valence electrons. The maximum Gasteiger partial charge on any atom is 0.220 e. The molecule has 0 radical (unpaired) electrons. The lowest BCUT2D eigenvalue weighted by Gasteiger charge is -2.32. The molecule has 0 aliphatic carbocycles. The summed E-state index contributed by atoms with van der Waals surface area (Å²) in [7, 11) is 0. The van der Waals surface area contributed by atoms with Gasteiger partial charge in [0.2, 0.25) is 5.43 Å². The summed E-state index contributed by atoms with van der Waals surface area (Å²) >= 11 is 6.30. The van der Waals surface area contributed by atoms with E-state index in [9.17, 15) is 4.79 Å². The highest BCUT2D eigenvalue weighted by molar-refractivity contribution is 6.35. The lowest BCUT2D eigenvalue weighted by Crippen LogP contribution is -2.49. The number of anilines is 1. The molecule has 7 heteroatoms. The lowest BCUT2D eigenvalue weighted by molar-refractivity contribution is 0.482. The zero-order valence-electron chi connectivity index (χ0n) is 18.4. The monoisotopic (exact) mass is 448 g/mol. The van der Waals surface area contributed by atoms with Crippen molar-refractivity contribution in [1.29, 1.82) is 0 Å². The van der Waals surface area contributed by atoms with Gasteiger partial charge < -0.3 is 14.6 Å². The van der Waals surface area contributed by atoms with Crippen LogP contribution in [0, 0.1) is 0 Å². The number of hydrogen-bond donors (Lipinski definition) is 1.